The smallest absolute Gasteiger partial charge is 0.416 e. The number of primary amides is 1. The number of rotatable bonds is 4. The minimum absolute atomic E-state index is 0.0770. The zero-order valence-electron chi connectivity index (χ0n) is 24.8. The average molecular weight is 685 g/mol. The van der Waals surface area contributed by atoms with Crippen molar-refractivity contribution in [3.8, 4) is 5.75 Å². The molecule has 1 fully saturated rings. The fourth-order valence-corrected chi connectivity index (χ4v) is 6.48. The molecule has 0 spiro atoms. The zero-order chi connectivity index (χ0) is 35.8. The number of anilines is 3. The Labute approximate surface area is 266 Å². The van der Waals surface area contributed by atoms with Crippen LogP contribution >= 0.6 is 0 Å². The van der Waals surface area contributed by atoms with Gasteiger partial charge < -0.3 is 41.7 Å². The van der Waals surface area contributed by atoms with Crippen molar-refractivity contribution in [2.75, 3.05) is 29.6 Å². The molecule has 18 heteroatoms. The van der Waals surface area contributed by atoms with Crippen molar-refractivity contribution in [1.82, 2.24) is 0 Å². The number of aliphatic hydroxyl groups is 3. The molecular formula is C30H26F6N4O8. The maximum atomic E-state index is 13.8. The summed E-state index contributed by atoms with van der Waals surface area (Å²) in [6.45, 7) is 0. The number of nitrogens with two attached hydrogens (primary N) is 1. The van der Waals surface area contributed by atoms with Crippen molar-refractivity contribution >= 4 is 46.3 Å². The first-order valence-electron chi connectivity index (χ1n) is 14.0. The Hall–Kier alpha value is -5.26. The molecule has 1 saturated carbocycles. The van der Waals surface area contributed by atoms with Gasteiger partial charge in [0.2, 0.25) is 5.78 Å². The van der Waals surface area contributed by atoms with E-state index in [0.717, 1.165) is 0 Å². The van der Waals surface area contributed by atoms with Crippen molar-refractivity contribution < 1.29 is 65.9 Å². The highest BCUT2D eigenvalue weighted by atomic mass is 19.4. The number of hydrogen-bond donors (Lipinski definition) is 7. The van der Waals surface area contributed by atoms with Gasteiger partial charge in [-0.25, -0.2) is 4.79 Å². The summed E-state index contributed by atoms with van der Waals surface area (Å²) in [7, 11) is 3.07. The number of aliphatic hydroxyl groups excluding tert-OH is 2. The van der Waals surface area contributed by atoms with Gasteiger partial charge in [-0.3, -0.25) is 14.4 Å². The summed E-state index contributed by atoms with van der Waals surface area (Å²) < 4.78 is 79.8. The molecule has 8 N–H and O–H groups in total. The number of carbonyl (C=O) groups excluding carboxylic acids is 4. The number of aromatic hydroxyl groups is 1. The molecule has 0 aromatic heterocycles. The first-order chi connectivity index (χ1) is 22.1. The van der Waals surface area contributed by atoms with Gasteiger partial charge >= 0.3 is 18.4 Å². The summed E-state index contributed by atoms with van der Waals surface area (Å²) in [5.41, 5.74) is -3.81. The Morgan fingerprint density at radius 1 is 0.938 bits per heavy atom. The predicted molar refractivity (Wildman–Crippen MR) is 155 cm³/mol. The average Bonchev–Trinajstić information content (AvgIpc) is 2.94. The maximum Gasteiger partial charge on any atom is 0.416 e. The lowest BCUT2D eigenvalue weighted by Gasteiger charge is -2.46. The van der Waals surface area contributed by atoms with Gasteiger partial charge in [-0.2, -0.15) is 26.3 Å². The van der Waals surface area contributed by atoms with Gasteiger partial charge in [0.15, 0.2) is 17.1 Å². The van der Waals surface area contributed by atoms with E-state index in [0.29, 0.717) is 0 Å². The lowest BCUT2D eigenvalue weighted by atomic mass is 9.59. The minimum Gasteiger partial charge on any atom is -0.508 e. The van der Waals surface area contributed by atoms with Gasteiger partial charge in [0, 0.05) is 43.4 Å². The Balaban J connectivity index is 1.57. The highest BCUT2D eigenvalue weighted by Crippen LogP contribution is 2.54. The highest BCUT2D eigenvalue weighted by molar-refractivity contribution is 6.23. The molecule has 0 bridgehead atoms. The summed E-state index contributed by atoms with van der Waals surface area (Å²) in [4.78, 5) is 52.5. The van der Waals surface area contributed by atoms with E-state index in [9.17, 15) is 65.9 Å². The molecule has 3 amide bonds. The van der Waals surface area contributed by atoms with Crippen LogP contribution in [0.25, 0.3) is 5.76 Å². The number of ketones is 2. The number of benzene rings is 2. The van der Waals surface area contributed by atoms with Gasteiger partial charge in [-0.1, -0.05) is 0 Å². The Bertz CT molecular complexity index is 1830. The van der Waals surface area contributed by atoms with E-state index >= 15 is 0 Å². The van der Waals surface area contributed by atoms with E-state index in [4.69, 9.17) is 5.73 Å². The van der Waals surface area contributed by atoms with Crippen molar-refractivity contribution in [2.24, 2.45) is 17.6 Å². The monoisotopic (exact) mass is 684 g/mol. The van der Waals surface area contributed by atoms with Crippen molar-refractivity contribution in [3.63, 3.8) is 0 Å². The van der Waals surface area contributed by atoms with Crippen LogP contribution in [0, 0.1) is 11.8 Å². The van der Waals surface area contributed by atoms with E-state index in [2.05, 4.69) is 5.32 Å². The molecule has 256 valence electrons. The molecule has 3 aliphatic carbocycles. The maximum absolute atomic E-state index is 13.8. The van der Waals surface area contributed by atoms with Crippen LogP contribution in [0.2, 0.25) is 0 Å². The van der Waals surface area contributed by atoms with Crippen LogP contribution in [0.4, 0.5) is 48.2 Å². The minimum atomic E-state index is -5.20. The van der Waals surface area contributed by atoms with Gasteiger partial charge in [0.1, 0.15) is 17.1 Å². The molecule has 2 aromatic rings. The van der Waals surface area contributed by atoms with Crippen LogP contribution < -0.4 is 21.3 Å². The first kappa shape index (κ1) is 34.1. The number of Topliss-reactive ketones (excluding diaryl/α,β-unsaturated/α-hetero) is 2. The zero-order valence-corrected chi connectivity index (χ0v) is 24.8. The van der Waals surface area contributed by atoms with E-state index < -0.39 is 116 Å². The second-order valence-corrected chi connectivity index (χ2v) is 11.8. The molecule has 0 radical (unpaired) electrons. The number of carbonyl (C=O) groups is 4. The number of alkyl halides is 6. The summed E-state index contributed by atoms with van der Waals surface area (Å²) in [6.07, 6.45) is -11.1. The van der Waals surface area contributed by atoms with Crippen LogP contribution in [0.1, 0.15) is 35.1 Å². The normalized spacial score (nSPS) is 22.5. The molecule has 12 nitrogen and oxygen atoms in total. The van der Waals surface area contributed by atoms with Crippen LogP contribution in [0.5, 0.6) is 5.75 Å². The standard InChI is InChI=1S/C30H26F6N4O8/c1-40(2)17-9-16(39-27(47)38-14-6-12(29(31,32)33)5-13(7-14)30(34,35)36)22(42)20-15(17)4-10-3-11-8-18(41)21(26(37)46)25(45)28(11,48)24(44)19(10)23(20)43/h5-7,9-11,42-43,45,48H,3-4,8H2,1-2H3,(H2,37,46)(H2,38,39,47)/t10-,11+,28+/m1/s1. The van der Waals surface area contributed by atoms with E-state index in [-0.39, 0.29) is 42.3 Å². The molecule has 48 heavy (non-hydrogen) atoms. The molecular weight excluding hydrogens is 658 g/mol. The lowest BCUT2D eigenvalue weighted by Crippen LogP contribution is -2.58. The first-order valence-corrected chi connectivity index (χ1v) is 14.0. The third-order valence-corrected chi connectivity index (χ3v) is 8.62. The third-order valence-electron chi connectivity index (χ3n) is 8.62. The van der Waals surface area contributed by atoms with Crippen LogP contribution in [-0.2, 0) is 33.2 Å². The Morgan fingerprint density at radius 2 is 1.52 bits per heavy atom. The third kappa shape index (κ3) is 5.44. The number of nitrogens with one attached hydrogen (secondary N) is 2. The summed E-state index contributed by atoms with van der Waals surface area (Å²) in [5, 5.41) is 48.7. The molecule has 3 atom stereocenters. The Kier molecular flexibility index (Phi) is 7.93. The SMILES string of the molecule is CN(C)c1cc(NC(=O)Nc2cc(C(F)(F)F)cc(C(F)(F)F)c2)c(O)c2c1C[C@H]1C[C@H]3CC(=O)C(C(N)=O)=C(O)[C@@]3(O)C(=O)C1=C2O. The van der Waals surface area contributed by atoms with Crippen LogP contribution in [0.3, 0.4) is 0 Å². The highest BCUT2D eigenvalue weighted by Gasteiger charge is 2.60. The fraction of sp³-hybridized carbons (Fsp3) is 0.333. The molecule has 0 aliphatic heterocycles. The number of amides is 3. The van der Waals surface area contributed by atoms with E-state index in [1.54, 1.807) is 0 Å². The van der Waals surface area contributed by atoms with Gasteiger partial charge in [0.25, 0.3) is 5.91 Å². The summed E-state index contributed by atoms with van der Waals surface area (Å²) in [5.74, 6) is -8.67. The number of fused-ring (bicyclic) bond motifs is 3. The lowest BCUT2D eigenvalue weighted by molar-refractivity contribution is -0.148. The number of halogens is 6. The summed E-state index contributed by atoms with van der Waals surface area (Å²) in [6, 6.07) is 0.212. The van der Waals surface area contributed by atoms with Gasteiger partial charge in [-0.05, 0) is 48.6 Å². The molecule has 3 aliphatic rings. The van der Waals surface area contributed by atoms with Crippen molar-refractivity contribution in [1.29, 1.82) is 0 Å². The second kappa shape index (κ2) is 11.2. The number of phenolic OH excluding ortho intramolecular Hbond substituents is 1. The van der Waals surface area contributed by atoms with Crippen LogP contribution in [0.15, 0.2) is 41.2 Å². The molecule has 0 unspecified atom stereocenters. The molecule has 5 rings (SSSR count). The number of phenols is 1. The molecule has 2 aromatic carbocycles. The number of hydrogen-bond acceptors (Lipinski definition) is 9. The quantitative estimate of drug-likeness (QED) is 0.140. The molecule has 0 heterocycles. The predicted octanol–water partition coefficient (Wildman–Crippen LogP) is 4.17. The van der Waals surface area contributed by atoms with Gasteiger partial charge in [-0.15, -0.1) is 0 Å². The summed E-state index contributed by atoms with van der Waals surface area (Å²) >= 11 is 0. The fourth-order valence-electron chi connectivity index (χ4n) is 6.48. The van der Waals surface area contributed by atoms with Crippen molar-refractivity contribution in [3.05, 3.63) is 63.4 Å². The molecule has 0 saturated heterocycles. The number of nitrogens with zero attached hydrogens (tertiary/aromatic N) is 1. The van der Waals surface area contributed by atoms with E-state index in [1.165, 1.54) is 25.1 Å². The second-order valence-electron chi connectivity index (χ2n) is 11.8. The largest absolute Gasteiger partial charge is 0.508 e. The topological polar surface area (TPSA) is 203 Å². The van der Waals surface area contributed by atoms with E-state index in [1.807, 2.05) is 5.32 Å². The van der Waals surface area contributed by atoms with Crippen LogP contribution in [-0.4, -0.2) is 63.6 Å². The van der Waals surface area contributed by atoms with Crippen molar-refractivity contribution in [2.45, 2.75) is 37.2 Å². The number of urea groups is 1. The van der Waals surface area contributed by atoms with Gasteiger partial charge in [0.05, 0.1) is 22.4 Å². The Morgan fingerprint density at radius 3 is 2.04 bits per heavy atom.